The van der Waals surface area contributed by atoms with Crippen molar-refractivity contribution in [1.82, 2.24) is 4.98 Å². The molecule has 1 aliphatic rings. The number of carbonyl (C=O) groups excluding carboxylic acids is 2. The third-order valence-corrected chi connectivity index (χ3v) is 6.79. The van der Waals surface area contributed by atoms with E-state index in [2.05, 4.69) is 4.98 Å². The van der Waals surface area contributed by atoms with Crippen molar-refractivity contribution in [1.29, 1.82) is 0 Å². The molecule has 1 saturated heterocycles. The van der Waals surface area contributed by atoms with Crippen molar-refractivity contribution in [3.63, 3.8) is 0 Å². The lowest BCUT2D eigenvalue weighted by Crippen LogP contribution is -2.29. The zero-order valence-electron chi connectivity index (χ0n) is 19.0. The van der Waals surface area contributed by atoms with Crippen LogP contribution in [-0.4, -0.2) is 33.3 Å². The Morgan fingerprint density at radius 2 is 1.83 bits per heavy atom. The van der Waals surface area contributed by atoms with E-state index < -0.39 is 22.7 Å². The van der Waals surface area contributed by atoms with E-state index in [1.54, 1.807) is 48.5 Å². The summed E-state index contributed by atoms with van der Waals surface area (Å²) in [6, 6.07) is 18.3. The molecule has 0 radical (unpaired) electrons. The van der Waals surface area contributed by atoms with Gasteiger partial charge in [0, 0.05) is 17.7 Å². The number of nitro groups is 1. The van der Waals surface area contributed by atoms with Gasteiger partial charge in [0.15, 0.2) is 5.13 Å². The number of amides is 1. The molecule has 1 fully saturated rings. The minimum atomic E-state index is -1.03. The quantitative estimate of drug-likeness (QED) is 0.126. The van der Waals surface area contributed by atoms with Crippen LogP contribution < -0.4 is 9.64 Å². The number of aliphatic hydroxyl groups excluding tert-OH is 1. The molecule has 0 saturated carbocycles. The van der Waals surface area contributed by atoms with Gasteiger partial charge in [0.2, 0.25) is 0 Å². The predicted octanol–water partition coefficient (Wildman–Crippen LogP) is 5.23. The largest absolute Gasteiger partial charge is 0.507 e. The van der Waals surface area contributed by atoms with Gasteiger partial charge in [0.1, 0.15) is 11.5 Å². The summed E-state index contributed by atoms with van der Waals surface area (Å²) in [7, 11) is 0. The molecule has 1 atom stereocenters. The molecule has 1 N–H and O–H groups in total. The summed E-state index contributed by atoms with van der Waals surface area (Å²) in [5.74, 6) is -1.40. The Morgan fingerprint density at radius 1 is 1.11 bits per heavy atom. The highest BCUT2D eigenvalue weighted by molar-refractivity contribution is 7.22. The number of carbonyl (C=O) groups is 2. The molecule has 1 amide bonds. The van der Waals surface area contributed by atoms with Gasteiger partial charge in [-0.05, 0) is 42.8 Å². The van der Waals surface area contributed by atoms with E-state index in [9.17, 15) is 24.8 Å². The molecule has 2 heterocycles. The average molecular weight is 502 g/mol. The number of rotatable bonds is 6. The fourth-order valence-electron chi connectivity index (χ4n) is 4.13. The number of ether oxygens (including phenoxy) is 1. The van der Waals surface area contributed by atoms with Gasteiger partial charge in [-0.2, -0.15) is 0 Å². The molecule has 0 aliphatic carbocycles. The molecule has 0 unspecified atom stereocenters. The lowest BCUT2D eigenvalue weighted by molar-refractivity contribution is -0.384. The van der Waals surface area contributed by atoms with Crippen molar-refractivity contribution >= 4 is 49.8 Å². The Labute approximate surface area is 209 Å². The fourth-order valence-corrected chi connectivity index (χ4v) is 5.15. The first-order valence-electron chi connectivity index (χ1n) is 11.0. The van der Waals surface area contributed by atoms with E-state index in [0.29, 0.717) is 29.0 Å². The summed E-state index contributed by atoms with van der Waals surface area (Å²) in [4.78, 5) is 43.0. The molecule has 0 spiro atoms. The number of non-ortho nitro benzene ring substituents is 1. The van der Waals surface area contributed by atoms with Gasteiger partial charge in [-0.25, -0.2) is 4.98 Å². The average Bonchev–Trinajstić information content (AvgIpc) is 3.42. The summed E-state index contributed by atoms with van der Waals surface area (Å²) in [5.41, 5.74) is 1.15. The van der Waals surface area contributed by atoms with Crippen molar-refractivity contribution in [2.75, 3.05) is 11.5 Å². The summed E-state index contributed by atoms with van der Waals surface area (Å²) >= 11 is 1.21. The molecule has 1 aromatic heterocycles. The topological polar surface area (TPSA) is 123 Å². The first-order valence-corrected chi connectivity index (χ1v) is 11.8. The second kappa shape index (κ2) is 9.23. The SMILES string of the molecule is CCOc1ccc2nc(N3C(=O)C(=O)/C(=C(/O)c4ccccc4)[C@@H]3c3ccc([N+](=O)[O-])cc3)sc2c1. The molecule has 180 valence electrons. The Morgan fingerprint density at radius 3 is 2.50 bits per heavy atom. The number of nitro benzene ring substituents is 1. The van der Waals surface area contributed by atoms with Gasteiger partial charge < -0.3 is 9.84 Å². The van der Waals surface area contributed by atoms with Gasteiger partial charge >= 0.3 is 5.91 Å². The van der Waals surface area contributed by atoms with Crippen molar-refractivity contribution in [3.05, 3.63) is 99.6 Å². The van der Waals surface area contributed by atoms with Crippen LogP contribution >= 0.6 is 11.3 Å². The maximum absolute atomic E-state index is 13.3. The van der Waals surface area contributed by atoms with E-state index in [1.165, 1.54) is 40.5 Å². The van der Waals surface area contributed by atoms with Crippen molar-refractivity contribution in [2.24, 2.45) is 0 Å². The molecule has 9 nitrogen and oxygen atoms in total. The van der Waals surface area contributed by atoms with Crippen LogP contribution in [0.25, 0.3) is 16.0 Å². The second-order valence-electron chi connectivity index (χ2n) is 7.94. The first-order chi connectivity index (χ1) is 17.4. The van der Waals surface area contributed by atoms with Crippen molar-refractivity contribution < 1.29 is 24.4 Å². The van der Waals surface area contributed by atoms with Crippen LogP contribution in [-0.2, 0) is 9.59 Å². The van der Waals surface area contributed by atoms with E-state index >= 15 is 0 Å². The van der Waals surface area contributed by atoms with Gasteiger partial charge in [-0.1, -0.05) is 41.7 Å². The van der Waals surface area contributed by atoms with Gasteiger partial charge in [0.05, 0.1) is 33.4 Å². The normalized spacial score (nSPS) is 17.0. The smallest absolute Gasteiger partial charge is 0.301 e. The van der Waals surface area contributed by atoms with Crippen molar-refractivity contribution in [2.45, 2.75) is 13.0 Å². The Balaban J connectivity index is 1.69. The van der Waals surface area contributed by atoms with E-state index in [4.69, 9.17) is 4.74 Å². The molecule has 4 aromatic rings. The van der Waals surface area contributed by atoms with Crippen LogP contribution in [0.3, 0.4) is 0 Å². The zero-order chi connectivity index (χ0) is 25.4. The van der Waals surface area contributed by atoms with Gasteiger partial charge in [-0.3, -0.25) is 24.6 Å². The minimum absolute atomic E-state index is 0.116. The maximum Gasteiger partial charge on any atom is 0.301 e. The zero-order valence-corrected chi connectivity index (χ0v) is 19.8. The molecule has 5 rings (SSSR count). The lowest BCUT2D eigenvalue weighted by atomic mass is 9.95. The molecular formula is C26H19N3O6S. The number of fused-ring (bicyclic) bond motifs is 1. The van der Waals surface area contributed by atoms with Crippen molar-refractivity contribution in [3.8, 4) is 5.75 Å². The van der Waals surface area contributed by atoms with Gasteiger partial charge in [-0.15, -0.1) is 0 Å². The molecule has 0 bridgehead atoms. The predicted molar refractivity (Wildman–Crippen MR) is 135 cm³/mol. The van der Waals surface area contributed by atoms with Crippen LogP contribution in [0.4, 0.5) is 10.8 Å². The van der Waals surface area contributed by atoms with E-state index in [-0.39, 0.29) is 22.2 Å². The summed E-state index contributed by atoms with van der Waals surface area (Å²) < 4.78 is 6.31. The monoisotopic (exact) mass is 501 g/mol. The van der Waals surface area contributed by atoms with Crippen LogP contribution in [0, 0.1) is 10.1 Å². The Hall–Kier alpha value is -4.57. The molecule has 1 aliphatic heterocycles. The molecular weight excluding hydrogens is 482 g/mol. The Kier molecular flexibility index (Phi) is 5.95. The maximum atomic E-state index is 13.3. The number of nitrogens with zero attached hydrogens (tertiary/aromatic N) is 3. The number of thiazole rings is 1. The highest BCUT2D eigenvalue weighted by Crippen LogP contribution is 2.44. The highest BCUT2D eigenvalue weighted by Gasteiger charge is 2.48. The molecule has 10 heteroatoms. The number of hydrogen-bond donors (Lipinski definition) is 1. The van der Waals surface area contributed by atoms with E-state index in [0.717, 1.165) is 4.70 Å². The Bertz CT molecular complexity index is 1530. The standard InChI is InChI=1S/C26H19N3O6S/c1-2-35-18-12-13-19-20(14-18)36-26(27-19)28-22(15-8-10-17(11-9-15)29(33)34)21(24(31)25(28)32)23(30)16-6-4-3-5-7-16/h3-14,22,30H,2H2,1H3/b23-21+/t22-/m0/s1. The number of Topliss-reactive ketones (excluding diaryl/α,β-unsaturated/α-hetero) is 1. The number of anilines is 1. The van der Waals surface area contributed by atoms with Crippen LogP contribution in [0.2, 0.25) is 0 Å². The van der Waals surface area contributed by atoms with Crippen LogP contribution in [0.15, 0.2) is 78.4 Å². The number of hydrogen-bond acceptors (Lipinski definition) is 8. The van der Waals surface area contributed by atoms with Gasteiger partial charge in [0.25, 0.3) is 11.5 Å². The number of aromatic nitrogens is 1. The third-order valence-electron chi connectivity index (χ3n) is 5.78. The van der Waals surface area contributed by atoms with E-state index in [1.807, 2.05) is 6.92 Å². The number of ketones is 1. The first kappa shape index (κ1) is 23.2. The molecule has 36 heavy (non-hydrogen) atoms. The van der Waals surface area contributed by atoms with Crippen LogP contribution in [0.1, 0.15) is 24.1 Å². The highest BCUT2D eigenvalue weighted by atomic mass is 32.1. The minimum Gasteiger partial charge on any atom is -0.507 e. The number of benzene rings is 3. The second-order valence-corrected chi connectivity index (χ2v) is 8.95. The fraction of sp³-hybridized carbons (Fsp3) is 0.115. The summed E-state index contributed by atoms with van der Waals surface area (Å²) in [5, 5.41) is 22.6. The molecule has 3 aromatic carbocycles. The number of aliphatic hydroxyl groups is 1. The summed E-state index contributed by atoms with van der Waals surface area (Å²) in [6.07, 6.45) is 0. The lowest BCUT2D eigenvalue weighted by Gasteiger charge is -2.22. The summed E-state index contributed by atoms with van der Waals surface area (Å²) in [6.45, 7) is 2.37. The van der Waals surface area contributed by atoms with Crippen LogP contribution in [0.5, 0.6) is 5.75 Å². The third kappa shape index (κ3) is 3.97.